The first kappa shape index (κ1) is 15.7. The fourth-order valence-electron chi connectivity index (χ4n) is 2.84. The number of hydrogen-bond donors (Lipinski definition) is 1. The number of Topliss-reactive ketones (excluding diaryl/α,β-unsaturated/α-hetero) is 1. The number of para-hydroxylation sites is 2. The van der Waals surface area contributed by atoms with Crippen molar-refractivity contribution in [3.05, 3.63) is 30.1 Å². The summed E-state index contributed by atoms with van der Waals surface area (Å²) in [6.07, 6.45) is 1.22. The van der Waals surface area contributed by atoms with Gasteiger partial charge in [0.1, 0.15) is 11.6 Å². The highest BCUT2D eigenvalue weighted by Gasteiger charge is 2.21. The molecule has 0 aliphatic carbocycles. The molecule has 2 N–H and O–H groups in total. The van der Waals surface area contributed by atoms with Gasteiger partial charge in [0, 0.05) is 19.0 Å². The number of carbonyl (C=O) groups is 1. The molecule has 1 heterocycles. The Bertz CT molecular complexity index is 616. The summed E-state index contributed by atoms with van der Waals surface area (Å²) in [7, 11) is 0. The molecule has 0 amide bonds. The molecule has 0 fully saturated rings. The van der Waals surface area contributed by atoms with E-state index in [1.54, 1.807) is 0 Å². The summed E-state index contributed by atoms with van der Waals surface area (Å²) in [5, 5.41) is 0. The second kappa shape index (κ2) is 6.85. The number of carbonyl (C=O) groups excluding carboxylic acids is 1. The molecule has 0 spiro atoms. The maximum atomic E-state index is 12.5. The molecule has 1 unspecified atom stereocenters. The average molecular weight is 287 g/mol. The van der Waals surface area contributed by atoms with Crippen LogP contribution in [0, 0.1) is 11.8 Å². The molecule has 114 valence electrons. The van der Waals surface area contributed by atoms with Crippen molar-refractivity contribution in [2.75, 3.05) is 6.54 Å². The Balaban J connectivity index is 2.24. The molecule has 1 aromatic carbocycles. The van der Waals surface area contributed by atoms with E-state index in [4.69, 9.17) is 5.73 Å². The Kier molecular flexibility index (Phi) is 5.12. The summed E-state index contributed by atoms with van der Waals surface area (Å²) in [6, 6.07) is 8.02. The van der Waals surface area contributed by atoms with E-state index in [2.05, 4.69) is 30.3 Å². The van der Waals surface area contributed by atoms with E-state index in [1.807, 2.05) is 24.3 Å². The van der Waals surface area contributed by atoms with Gasteiger partial charge in [-0.05, 0) is 31.4 Å². The van der Waals surface area contributed by atoms with Gasteiger partial charge in [-0.1, -0.05) is 26.0 Å². The van der Waals surface area contributed by atoms with Crippen LogP contribution in [0.1, 0.15) is 33.0 Å². The monoisotopic (exact) mass is 287 g/mol. The van der Waals surface area contributed by atoms with E-state index in [9.17, 15) is 4.79 Å². The largest absolute Gasteiger partial charge is 0.330 e. The van der Waals surface area contributed by atoms with E-state index >= 15 is 0 Å². The summed E-state index contributed by atoms with van der Waals surface area (Å²) >= 11 is 0. The molecular formula is C17H25N3O. The van der Waals surface area contributed by atoms with Crippen molar-refractivity contribution in [3.8, 4) is 0 Å². The maximum Gasteiger partial charge on any atom is 0.144 e. The van der Waals surface area contributed by atoms with Crippen molar-refractivity contribution in [1.82, 2.24) is 9.55 Å². The SMILES string of the molecule is CCn1c(CC(=O)C(CN)CC(C)C)nc2ccccc21. The first-order valence-electron chi connectivity index (χ1n) is 7.73. The zero-order valence-electron chi connectivity index (χ0n) is 13.2. The van der Waals surface area contributed by atoms with Crippen LogP contribution in [-0.2, 0) is 17.8 Å². The summed E-state index contributed by atoms with van der Waals surface area (Å²) in [4.78, 5) is 17.1. The Morgan fingerprint density at radius 2 is 2.05 bits per heavy atom. The first-order chi connectivity index (χ1) is 10.1. The Morgan fingerprint density at radius 3 is 2.67 bits per heavy atom. The molecule has 0 aliphatic rings. The molecular weight excluding hydrogens is 262 g/mol. The second-order valence-corrected chi connectivity index (χ2v) is 5.97. The predicted octanol–water partition coefficient (Wildman–Crippen LogP) is 2.79. The van der Waals surface area contributed by atoms with Crippen LogP contribution >= 0.6 is 0 Å². The highest BCUT2D eigenvalue weighted by atomic mass is 16.1. The average Bonchev–Trinajstić information content (AvgIpc) is 2.81. The van der Waals surface area contributed by atoms with Crippen molar-refractivity contribution in [2.45, 2.75) is 40.2 Å². The van der Waals surface area contributed by atoms with Crippen LogP contribution in [-0.4, -0.2) is 21.9 Å². The van der Waals surface area contributed by atoms with Crippen LogP contribution < -0.4 is 5.73 Å². The third-order valence-corrected chi connectivity index (χ3v) is 3.88. The lowest BCUT2D eigenvalue weighted by Gasteiger charge is -2.16. The highest BCUT2D eigenvalue weighted by Crippen LogP contribution is 2.19. The number of aryl methyl sites for hydroxylation is 1. The fourth-order valence-corrected chi connectivity index (χ4v) is 2.84. The third kappa shape index (κ3) is 3.50. The number of ketones is 1. The van der Waals surface area contributed by atoms with Gasteiger partial charge in [0.05, 0.1) is 17.5 Å². The van der Waals surface area contributed by atoms with E-state index in [0.717, 1.165) is 29.8 Å². The molecule has 4 nitrogen and oxygen atoms in total. The maximum absolute atomic E-state index is 12.5. The third-order valence-electron chi connectivity index (χ3n) is 3.88. The minimum atomic E-state index is -0.0601. The van der Waals surface area contributed by atoms with Crippen LogP contribution in [0.3, 0.4) is 0 Å². The fraction of sp³-hybridized carbons (Fsp3) is 0.529. The summed E-state index contributed by atoms with van der Waals surface area (Å²) in [6.45, 7) is 7.56. The summed E-state index contributed by atoms with van der Waals surface area (Å²) in [5.74, 6) is 1.48. The van der Waals surface area contributed by atoms with Crippen molar-refractivity contribution < 1.29 is 4.79 Å². The Hall–Kier alpha value is -1.68. The van der Waals surface area contributed by atoms with E-state index in [-0.39, 0.29) is 11.7 Å². The van der Waals surface area contributed by atoms with Crippen LogP contribution in [0.4, 0.5) is 0 Å². The van der Waals surface area contributed by atoms with Crippen molar-refractivity contribution >= 4 is 16.8 Å². The molecule has 1 atom stereocenters. The highest BCUT2D eigenvalue weighted by molar-refractivity contribution is 5.84. The number of imidazole rings is 1. The van der Waals surface area contributed by atoms with Gasteiger partial charge >= 0.3 is 0 Å². The van der Waals surface area contributed by atoms with Gasteiger partial charge in [0.15, 0.2) is 0 Å². The number of fused-ring (bicyclic) bond motifs is 1. The normalized spacial score (nSPS) is 13.0. The minimum absolute atomic E-state index is 0.0601. The standard InChI is InChI=1S/C17H25N3O/c1-4-20-15-8-6-5-7-14(15)19-17(20)10-16(21)13(11-18)9-12(2)3/h5-8,12-13H,4,9-11,18H2,1-3H3. The molecule has 1 aromatic heterocycles. The lowest BCUT2D eigenvalue weighted by molar-refractivity contribution is -0.122. The summed E-state index contributed by atoms with van der Waals surface area (Å²) < 4.78 is 2.12. The second-order valence-electron chi connectivity index (χ2n) is 5.97. The van der Waals surface area contributed by atoms with Crippen molar-refractivity contribution in [3.63, 3.8) is 0 Å². The molecule has 4 heteroatoms. The first-order valence-corrected chi connectivity index (χ1v) is 7.73. The number of nitrogens with zero attached hydrogens (tertiary/aromatic N) is 2. The van der Waals surface area contributed by atoms with Crippen LogP contribution in [0.15, 0.2) is 24.3 Å². The van der Waals surface area contributed by atoms with Crippen molar-refractivity contribution in [2.24, 2.45) is 17.6 Å². The van der Waals surface area contributed by atoms with Gasteiger partial charge < -0.3 is 10.3 Å². The van der Waals surface area contributed by atoms with E-state index in [0.29, 0.717) is 18.9 Å². The summed E-state index contributed by atoms with van der Waals surface area (Å²) in [5.41, 5.74) is 7.82. The Morgan fingerprint density at radius 1 is 1.33 bits per heavy atom. The van der Waals surface area contributed by atoms with Crippen LogP contribution in [0.5, 0.6) is 0 Å². The minimum Gasteiger partial charge on any atom is -0.330 e. The zero-order valence-corrected chi connectivity index (χ0v) is 13.2. The van der Waals surface area contributed by atoms with Gasteiger partial charge in [-0.25, -0.2) is 4.98 Å². The number of hydrogen-bond acceptors (Lipinski definition) is 3. The lowest BCUT2D eigenvalue weighted by atomic mass is 9.92. The van der Waals surface area contributed by atoms with Crippen molar-refractivity contribution in [1.29, 1.82) is 0 Å². The van der Waals surface area contributed by atoms with Gasteiger partial charge in [0.25, 0.3) is 0 Å². The van der Waals surface area contributed by atoms with Gasteiger partial charge in [-0.3, -0.25) is 4.79 Å². The number of nitrogens with two attached hydrogens (primary N) is 1. The van der Waals surface area contributed by atoms with E-state index < -0.39 is 0 Å². The van der Waals surface area contributed by atoms with Gasteiger partial charge in [0.2, 0.25) is 0 Å². The van der Waals surface area contributed by atoms with Gasteiger partial charge in [-0.15, -0.1) is 0 Å². The van der Waals surface area contributed by atoms with E-state index in [1.165, 1.54) is 0 Å². The number of aromatic nitrogens is 2. The smallest absolute Gasteiger partial charge is 0.144 e. The number of rotatable bonds is 7. The molecule has 21 heavy (non-hydrogen) atoms. The molecule has 2 aromatic rings. The van der Waals surface area contributed by atoms with Gasteiger partial charge in [-0.2, -0.15) is 0 Å². The predicted molar refractivity (Wildman–Crippen MR) is 86.1 cm³/mol. The molecule has 0 bridgehead atoms. The quantitative estimate of drug-likeness (QED) is 0.851. The number of benzene rings is 1. The van der Waals surface area contributed by atoms with Crippen LogP contribution in [0.25, 0.3) is 11.0 Å². The molecule has 0 saturated carbocycles. The molecule has 2 rings (SSSR count). The van der Waals surface area contributed by atoms with Crippen LogP contribution in [0.2, 0.25) is 0 Å². The zero-order chi connectivity index (χ0) is 15.4. The lowest BCUT2D eigenvalue weighted by Crippen LogP contribution is -2.27. The topological polar surface area (TPSA) is 60.9 Å². The molecule has 0 aliphatic heterocycles. The molecule has 0 saturated heterocycles. The Labute approximate surface area is 126 Å². The molecule has 0 radical (unpaired) electrons.